The van der Waals surface area contributed by atoms with Gasteiger partial charge in [-0.3, -0.25) is 4.79 Å². The average Bonchev–Trinajstić information content (AvgIpc) is 3.14. The first-order valence-corrected chi connectivity index (χ1v) is 7.71. The van der Waals surface area contributed by atoms with Crippen LogP contribution in [0, 0.1) is 6.92 Å². The highest BCUT2D eigenvalue weighted by molar-refractivity contribution is 6.03. The van der Waals surface area contributed by atoms with Gasteiger partial charge in [0.05, 0.1) is 19.9 Å². The second-order valence-electron chi connectivity index (χ2n) is 5.30. The van der Waals surface area contributed by atoms with Crippen molar-refractivity contribution in [3.05, 3.63) is 66.0 Å². The molecule has 0 saturated heterocycles. The van der Waals surface area contributed by atoms with E-state index in [9.17, 15) is 4.79 Å². The number of methoxy groups -OCH3 is 1. The average molecular weight is 338 g/mol. The molecule has 0 spiro atoms. The molecule has 0 saturated carbocycles. The van der Waals surface area contributed by atoms with Gasteiger partial charge in [-0.15, -0.1) is 0 Å². The number of carbonyl (C=O) groups excluding carboxylic acids is 1. The molecule has 0 aliphatic heterocycles. The van der Waals surface area contributed by atoms with Crippen LogP contribution in [0.25, 0.3) is 0 Å². The standard InChI is InChI=1S/C18H18N4O3/c1-12-20-16(10-17(21-12)19-11-15-4-3-9-25-15)18(23)22-13-5-7-14(24-2)8-6-13/h3-10H,11H2,1-2H3,(H,22,23)(H,19,20,21). The number of hydrogen-bond acceptors (Lipinski definition) is 6. The molecule has 2 aromatic heterocycles. The van der Waals surface area contributed by atoms with Gasteiger partial charge >= 0.3 is 0 Å². The van der Waals surface area contributed by atoms with Crippen molar-refractivity contribution in [2.75, 3.05) is 17.7 Å². The first-order chi connectivity index (χ1) is 12.1. The van der Waals surface area contributed by atoms with Crippen molar-refractivity contribution in [2.24, 2.45) is 0 Å². The summed E-state index contributed by atoms with van der Waals surface area (Å²) in [7, 11) is 1.59. The summed E-state index contributed by atoms with van der Waals surface area (Å²) in [4.78, 5) is 20.9. The highest BCUT2D eigenvalue weighted by atomic mass is 16.5. The summed E-state index contributed by atoms with van der Waals surface area (Å²) in [6.07, 6.45) is 1.61. The van der Waals surface area contributed by atoms with Crippen molar-refractivity contribution in [3.63, 3.8) is 0 Å². The molecule has 25 heavy (non-hydrogen) atoms. The van der Waals surface area contributed by atoms with Crippen molar-refractivity contribution < 1.29 is 13.9 Å². The van der Waals surface area contributed by atoms with Gasteiger partial charge in [-0.2, -0.15) is 0 Å². The summed E-state index contributed by atoms with van der Waals surface area (Å²) in [6, 6.07) is 12.4. The van der Waals surface area contributed by atoms with Crippen molar-refractivity contribution in [1.29, 1.82) is 0 Å². The molecule has 0 unspecified atom stereocenters. The third kappa shape index (κ3) is 4.35. The zero-order valence-electron chi connectivity index (χ0n) is 13.9. The summed E-state index contributed by atoms with van der Waals surface area (Å²) in [5.74, 6) is 2.26. The van der Waals surface area contributed by atoms with Gasteiger partial charge in [0.15, 0.2) is 0 Å². The fraction of sp³-hybridized carbons (Fsp3) is 0.167. The van der Waals surface area contributed by atoms with E-state index in [4.69, 9.17) is 9.15 Å². The number of nitrogens with one attached hydrogen (secondary N) is 2. The van der Waals surface area contributed by atoms with Crippen molar-refractivity contribution in [1.82, 2.24) is 9.97 Å². The Balaban J connectivity index is 1.70. The molecule has 3 rings (SSSR count). The van der Waals surface area contributed by atoms with Crippen LogP contribution < -0.4 is 15.4 Å². The predicted octanol–water partition coefficient (Wildman–Crippen LogP) is 3.25. The minimum atomic E-state index is -0.309. The number of carbonyl (C=O) groups is 1. The van der Waals surface area contributed by atoms with Gasteiger partial charge in [0.25, 0.3) is 5.91 Å². The van der Waals surface area contributed by atoms with Crippen LogP contribution in [0.1, 0.15) is 22.1 Å². The number of amides is 1. The lowest BCUT2D eigenvalue weighted by molar-refractivity contribution is 0.102. The van der Waals surface area contributed by atoms with Gasteiger partial charge in [0.2, 0.25) is 0 Å². The van der Waals surface area contributed by atoms with E-state index in [2.05, 4.69) is 20.6 Å². The fourth-order valence-corrected chi connectivity index (χ4v) is 2.23. The van der Waals surface area contributed by atoms with Gasteiger partial charge in [0.1, 0.15) is 28.8 Å². The molecule has 1 aromatic carbocycles. The summed E-state index contributed by atoms with van der Waals surface area (Å²) < 4.78 is 10.4. The molecular weight excluding hydrogens is 320 g/mol. The summed E-state index contributed by atoms with van der Waals surface area (Å²) >= 11 is 0. The van der Waals surface area contributed by atoms with Crippen molar-refractivity contribution in [3.8, 4) is 5.75 Å². The molecule has 0 fully saturated rings. The molecule has 2 N–H and O–H groups in total. The van der Waals surface area contributed by atoms with E-state index in [0.717, 1.165) is 11.5 Å². The molecule has 0 bridgehead atoms. The number of aryl methyl sites for hydroxylation is 1. The topological polar surface area (TPSA) is 89.3 Å². The Hall–Kier alpha value is -3.35. The number of furan rings is 1. The zero-order chi connectivity index (χ0) is 17.6. The van der Waals surface area contributed by atoms with E-state index in [0.29, 0.717) is 23.9 Å². The Morgan fingerprint density at radius 2 is 2.00 bits per heavy atom. The van der Waals surface area contributed by atoms with Crippen LogP contribution in [0.2, 0.25) is 0 Å². The zero-order valence-corrected chi connectivity index (χ0v) is 13.9. The molecule has 7 heteroatoms. The van der Waals surface area contributed by atoms with E-state index >= 15 is 0 Å². The fourth-order valence-electron chi connectivity index (χ4n) is 2.23. The molecule has 0 atom stereocenters. The van der Waals surface area contributed by atoms with Gasteiger partial charge < -0.3 is 19.8 Å². The van der Waals surface area contributed by atoms with Gasteiger partial charge in [-0.1, -0.05) is 0 Å². The highest BCUT2D eigenvalue weighted by Gasteiger charge is 2.11. The normalized spacial score (nSPS) is 10.3. The van der Waals surface area contributed by atoms with Gasteiger partial charge in [0, 0.05) is 11.8 Å². The number of ether oxygens (including phenoxy) is 1. The quantitative estimate of drug-likeness (QED) is 0.717. The third-order valence-electron chi connectivity index (χ3n) is 3.44. The minimum absolute atomic E-state index is 0.283. The maximum Gasteiger partial charge on any atom is 0.274 e. The Morgan fingerprint density at radius 3 is 2.68 bits per heavy atom. The SMILES string of the molecule is COc1ccc(NC(=O)c2cc(NCc3ccco3)nc(C)n2)cc1. The van der Waals surface area contributed by atoms with Crippen molar-refractivity contribution >= 4 is 17.4 Å². The van der Waals surface area contributed by atoms with Crippen LogP contribution in [-0.4, -0.2) is 23.0 Å². The lowest BCUT2D eigenvalue weighted by Gasteiger charge is -2.09. The maximum absolute atomic E-state index is 12.4. The van der Waals surface area contributed by atoms with E-state index < -0.39 is 0 Å². The minimum Gasteiger partial charge on any atom is -0.497 e. The number of rotatable bonds is 6. The maximum atomic E-state index is 12.4. The molecule has 3 aromatic rings. The third-order valence-corrected chi connectivity index (χ3v) is 3.44. The second-order valence-corrected chi connectivity index (χ2v) is 5.30. The summed E-state index contributed by atoms with van der Waals surface area (Å²) in [5, 5.41) is 5.92. The van der Waals surface area contributed by atoms with Crippen LogP contribution >= 0.6 is 0 Å². The van der Waals surface area contributed by atoms with E-state index in [1.54, 1.807) is 50.6 Å². The van der Waals surface area contributed by atoms with E-state index in [1.165, 1.54) is 0 Å². The predicted molar refractivity (Wildman–Crippen MR) is 93.8 cm³/mol. The van der Waals surface area contributed by atoms with Crippen LogP contribution in [0.3, 0.4) is 0 Å². The van der Waals surface area contributed by atoms with Crippen LogP contribution in [0.15, 0.2) is 53.1 Å². The summed E-state index contributed by atoms with van der Waals surface area (Å²) in [5.41, 5.74) is 0.942. The van der Waals surface area contributed by atoms with Crippen LogP contribution in [0.5, 0.6) is 5.75 Å². The van der Waals surface area contributed by atoms with E-state index in [1.807, 2.05) is 12.1 Å². The largest absolute Gasteiger partial charge is 0.497 e. The molecule has 0 radical (unpaired) electrons. The van der Waals surface area contributed by atoms with Gasteiger partial charge in [-0.25, -0.2) is 9.97 Å². The smallest absolute Gasteiger partial charge is 0.274 e. The lowest BCUT2D eigenvalue weighted by Crippen LogP contribution is -2.15. The first kappa shape index (κ1) is 16.5. The van der Waals surface area contributed by atoms with Gasteiger partial charge in [-0.05, 0) is 43.3 Å². The monoisotopic (exact) mass is 338 g/mol. The second kappa shape index (κ2) is 7.48. The summed E-state index contributed by atoms with van der Waals surface area (Å²) in [6.45, 7) is 2.21. The molecule has 7 nitrogen and oxygen atoms in total. The number of nitrogens with zero attached hydrogens (tertiary/aromatic N) is 2. The van der Waals surface area contributed by atoms with Crippen LogP contribution in [0.4, 0.5) is 11.5 Å². The Labute approximate surface area is 145 Å². The lowest BCUT2D eigenvalue weighted by atomic mass is 10.3. The number of aromatic nitrogens is 2. The molecule has 128 valence electrons. The highest BCUT2D eigenvalue weighted by Crippen LogP contribution is 2.16. The Morgan fingerprint density at radius 1 is 1.20 bits per heavy atom. The van der Waals surface area contributed by atoms with E-state index in [-0.39, 0.29) is 11.6 Å². The first-order valence-electron chi connectivity index (χ1n) is 7.71. The molecular formula is C18H18N4O3. The molecule has 1 amide bonds. The number of hydrogen-bond donors (Lipinski definition) is 2. The number of benzene rings is 1. The number of anilines is 2. The van der Waals surface area contributed by atoms with Crippen molar-refractivity contribution in [2.45, 2.75) is 13.5 Å². The van der Waals surface area contributed by atoms with Crippen LogP contribution in [-0.2, 0) is 6.54 Å². The Bertz CT molecular complexity index is 845. The molecule has 2 heterocycles. The molecule has 0 aliphatic rings. The Kier molecular flexibility index (Phi) is 4.94. The molecule has 0 aliphatic carbocycles.